The first kappa shape index (κ1) is 16.5. The first-order chi connectivity index (χ1) is 8.16. The normalized spacial score (nSPS) is 11.5. The molecular weight excluding hydrogens is 242 g/mol. The van der Waals surface area contributed by atoms with Gasteiger partial charge in [-0.3, -0.25) is 0 Å². The average molecular weight is 265 g/mol. The summed E-state index contributed by atoms with van der Waals surface area (Å²) in [5.41, 5.74) is 4.80. The maximum Gasteiger partial charge on any atom is 0.621 e. The fourth-order valence-electron chi connectivity index (χ4n) is 1.21. The summed E-state index contributed by atoms with van der Waals surface area (Å²) >= 11 is 0. The van der Waals surface area contributed by atoms with Crippen molar-refractivity contribution in [2.24, 2.45) is 5.73 Å². The molecule has 7 heteroatoms. The van der Waals surface area contributed by atoms with Crippen LogP contribution >= 0.6 is 0 Å². The third-order valence-electron chi connectivity index (χ3n) is 1.83. The maximum absolute atomic E-state index is 11.9. The first-order valence-electron chi connectivity index (χ1n) is 5.95. The smallest absolute Gasteiger partial charge is 0.463 e. The lowest BCUT2D eigenvalue weighted by Gasteiger charge is -2.25. The molecule has 0 amide bonds. The lowest BCUT2D eigenvalue weighted by atomic mass is 10.5. The molecule has 0 rings (SSSR count). The van der Waals surface area contributed by atoms with Crippen molar-refractivity contribution in [3.05, 3.63) is 0 Å². The Morgan fingerprint density at radius 2 is 1.53 bits per heavy atom. The van der Waals surface area contributed by atoms with Gasteiger partial charge in [0.2, 0.25) is 0 Å². The third-order valence-corrected chi connectivity index (χ3v) is 4.49. The van der Waals surface area contributed by atoms with Gasteiger partial charge in [0.25, 0.3) is 0 Å². The Balaban J connectivity index is 4.54. The molecule has 6 nitrogen and oxygen atoms in total. The van der Waals surface area contributed by atoms with Gasteiger partial charge in [0.15, 0.2) is 0 Å². The number of nitrogens with two attached hydrogens (primary N) is 1. The Hall–Kier alpha value is -0.473. The fourth-order valence-corrected chi connectivity index (χ4v) is 3.23. The predicted molar refractivity (Wildman–Crippen MR) is 65.7 cm³/mol. The third kappa shape index (κ3) is 5.60. The molecule has 0 atom stereocenters. The Bertz CT molecular complexity index is 198. The molecule has 0 aliphatic heterocycles. The second-order valence-corrected chi connectivity index (χ2v) is 5.52. The van der Waals surface area contributed by atoms with E-state index in [0.29, 0.717) is 32.8 Å². The van der Waals surface area contributed by atoms with Crippen LogP contribution in [-0.2, 0) is 18.0 Å². The van der Waals surface area contributed by atoms with Gasteiger partial charge in [-0.2, -0.15) is 0 Å². The molecule has 0 aromatic rings. The summed E-state index contributed by atoms with van der Waals surface area (Å²) in [5.74, 6) is 0. The van der Waals surface area contributed by atoms with Gasteiger partial charge in [0, 0.05) is 19.8 Å². The minimum absolute atomic E-state index is 0.261. The second kappa shape index (κ2) is 9.55. The van der Waals surface area contributed by atoms with Gasteiger partial charge in [-0.15, -0.1) is 0 Å². The van der Waals surface area contributed by atoms with Crippen molar-refractivity contribution >= 4 is 14.4 Å². The fraction of sp³-hybridized carbons (Fsp3) is 0.900. The zero-order valence-corrected chi connectivity index (χ0v) is 11.9. The minimum atomic E-state index is -3.35. The second-order valence-electron chi connectivity index (χ2n) is 3.13. The molecule has 0 unspecified atom stereocenters. The highest BCUT2D eigenvalue weighted by atomic mass is 28.4. The molecule has 102 valence electrons. The number of rotatable bonds is 10. The van der Waals surface area contributed by atoms with Crippen LogP contribution < -0.4 is 5.73 Å². The largest absolute Gasteiger partial charge is 0.621 e. The van der Waals surface area contributed by atoms with Crippen molar-refractivity contribution in [2.45, 2.75) is 27.2 Å². The van der Waals surface area contributed by atoms with Gasteiger partial charge in [0.1, 0.15) is 0 Å². The van der Waals surface area contributed by atoms with E-state index in [9.17, 15) is 4.79 Å². The van der Waals surface area contributed by atoms with Crippen LogP contribution in [0.15, 0.2) is 0 Å². The predicted octanol–water partition coefficient (Wildman–Crippen LogP) is 1.10. The van der Waals surface area contributed by atoms with E-state index in [2.05, 4.69) is 0 Å². The Kier molecular flexibility index (Phi) is 9.28. The van der Waals surface area contributed by atoms with Gasteiger partial charge >= 0.3 is 14.4 Å². The average Bonchev–Trinajstić information content (AvgIpc) is 2.30. The minimum Gasteiger partial charge on any atom is -0.463 e. The summed E-state index contributed by atoms with van der Waals surface area (Å²) in [6, 6.07) is 0. The Morgan fingerprint density at radius 1 is 1.06 bits per heavy atom. The van der Waals surface area contributed by atoms with E-state index in [4.69, 9.17) is 23.7 Å². The van der Waals surface area contributed by atoms with E-state index in [1.165, 1.54) is 0 Å². The van der Waals surface area contributed by atoms with Crippen LogP contribution in [0.2, 0.25) is 0 Å². The molecule has 0 radical (unpaired) electrons. The standard InChI is InChI=1S/C10H23NO5Si/c1-4-14-17(15-5-2,16-6-3)10(12)13-9-7-8-11/h4-9,11H2,1-3H3. The van der Waals surface area contributed by atoms with E-state index in [-0.39, 0.29) is 6.61 Å². The van der Waals surface area contributed by atoms with Gasteiger partial charge < -0.3 is 23.7 Å². The van der Waals surface area contributed by atoms with E-state index < -0.39 is 14.4 Å². The van der Waals surface area contributed by atoms with Gasteiger partial charge in [-0.05, 0) is 33.7 Å². The molecule has 17 heavy (non-hydrogen) atoms. The molecule has 0 aliphatic rings. The van der Waals surface area contributed by atoms with Gasteiger partial charge in [-0.1, -0.05) is 0 Å². The molecule has 0 bridgehead atoms. The molecule has 0 aliphatic carbocycles. The SMILES string of the molecule is CCO[Si](OCC)(OCC)C(=O)OCCCN. The van der Waals surface area contributed by atoms with E-state index in [1.54, 1.807) is 20.8 Å². The van der Waals surface area contributed by atoms with Crippen molar-refractivity contribution in [1.29, 1.82) is 0 Å². The van der Waals surface area contributed by atoms with Gasteiger partial charge in [0.05, 0.1) is 6.61 Å². The van der Waals surface area contributed by atoms with Crippen molar-refractivity contribution < 1.29 is 22.8 Å². The number of hydrogen-bond donors (Lipinski definition) is 1. The van der Waals surface area contributed by atoms with Crippen molar-refractivity contribution in [1.82, 2.24) is 0 Å². The van der Waals surface area contributed by atoms with E-state index >= 15 is 0 Å². The summed E-state index contributed by atoms with van der Waals surface area (Å²) < 4.78 is 21.2. The number of carbonyl (C=O) groups is 1. The van der Waals surface area contributed by atoms with Crippen LogP contribution in [0.25, 0.3) is 0 Å². The molecule has 0 aromatic heterocycles. The Morgan fingerprint density at radius 3 is 1.88 bits per heavy atom. The summed E-state index contributed by atoms with van der Waals surface area (Å²) in [6.45, 7) is 7.12. The van der Waals surface area contributed by atoms with E-state index in [1.807, 2.05) is 0 Å². The van der Waals surface area contributed by atoms with Crippen molar-refractivity contribution in [3.8, 4) is 0 Å². The maximum atomic E-state index is 11.9. The quantitative estimate of drug-likeness (QED) is 0.470. The zero-order valence-electron chi connectivity index (χ0n) is 10.9. The van der Waals surface area contributed by atoms with Gasteiger partial charge in [-0.25, -0.2) is 4.79 Å². The molecule has 0 saturated heterocycles. The van der Waals surface area contributed by atoms with Crippen molar-refractivity contribution in [3.63, 3.8) is 0 Å². The molecular formula is C10H23NO5Si. The van der Waals surface area contributed by atoms with Crippen LogP contribution in [0.1, 0.15) is 27.2 Å². The molecule has 0 aromatic carbocycles. The summed E-state index contributed by atoms with van der Waals surface area (Å²) in [6.07, 6.45) is 0.612. The topological polar surface area (TPSA) is 80.0 Å². The summed E-state index contributed by atoms with van der Waals surface area (Å²) in [4.78, 5) is 11.9. The highest BCUT2D eigenvalue weighted by Crippen LogP contribution is 2.13. The number of ether oxygens (including phenoxy) is 1. The van der Waals surface area contributed by atoms with E-state index in [0.717, 1.165) is 0 Å². The lowest BCUT2D eigenvalue weighted by molar-refractivity contribution is 0.0598. The Labute approximate surface area is 104 Å². The monoisotopic (exact) mass is 265 g/mol. The van der Waals surface area contributed by atoms with Crippen LogP contribution in [0.4, 0.5) is 4.79 Å². The van der Waals surface area contributed by atoms with Crippen LogP contribution in [0, 0.1) is 0 Å². The number of carbonyl (C=O) groups excluding carboxylic acids is 1. The highest BCUT2D eigenvalue weighted by Gasteiger charge is 2.52. The van der Waals surface area contributed by atoms with Crippen LogP contribution in [-0.4, -0.2) is 47.4 Å². The number of hydrogen-bond acceptors (Lipinski definition) is 6. The lowest BCUT2D eigenvalue weighted by Crippen LogP contribution is -2.54. The zero-order chi connectivity index (χ0) is 13.1. The van der Waals surface area contributed by atoms with Crippen LogP contribution in [0.3, 0.4) is 0 Å². The highest BCUT2D eigenvalue weighted by molar-refractivity contribution is 6.90. The molecule has 2 N–H and O–H groups in total. The van der Waals surface area contributed by atoms with Crippen molar-refractivity contribution in [2.75, 3.05) is 33.0 Å². The van der Waals surface area contributed by atoms with Crippen LogP contribution in [0.5, 0.6) is 0 Å². The summed E-state index contributed by atoms with van der Waals surface area (Å²) in [5, 5.41) is 0. The summed E-state index contributed by atoms with van der Waals surface area (Å²) in [7, 11) is -3.35. The molecule has 0 spiro atoms. The molecule has 0 saturated carbocycles. The molecule has 0 heterocycles. The molecule has 0 fully saturated rings. The first-order valence-corrected chi connectivity index (χ1v) is 7.68.